The first-order chi connectivity index (χ1) is 13.7. The van der Waals surface area contributed by atoms with E-state index in [1.807, 2.05) is 42.4 Å². The minimum absolute atomic E-state index is 0.0243. The number of aryl methyl sites for hydroxylation is 2. The number of amides is 1. The lowest BCUT2D eigenvalue weighted by molar-refractivity contribution is -0.135. The molecule has 0 N–H and O–H groups in total. The minimum atomic E-state index is -0.0243. The summed E-state index contributed by atoms with van der Waals surface area (Å²) in [5, 5.41) is 4.20. The van der Waals surface area contributed by atoms with Gasteiger partial charge in [0.05, 0.1) is 11.7 Å². The molecule has 28 heavy (non-hydrogen) atoms. The van der Waals surface area contributed by atoms with Crippen molar-refractivity contribution in [1.29, 1.82) is 0 Å². The van der Waals surface area contributed by atoms with Gasteiger partial charge in [-0.05, 0) is 49.9 Å². The van der Waals surface area contributed by atoms with Crippen LogP contribution in [0.5, 0.6) is 0 Å². The topological polar surface area (TPSA) is 76.8 Å². The van der Waals surface area contributed by atoms with Gasteiger partial charge in [0.25, 0.3) is 0 Å². The maximum absolute atomic E-state index is 13.0. The molecule has 3 aromatic heterocycles. The second-order valence-corrected chi connectivity index (χ2v) is 7.07. The number of pyridine rings is 1. The summed E-state index contributed by atoms with van der Waals surface area (Å²) in [6.07, 6.45) is 12.5. The molecule has 0 aromatic carbocycles. The Kier molecular flexibility index (Phi) is 5.41. The standard InChI is InChI=1S/C21H24N6O/c1-16-23-15-18(17-6-10-22-11-7-17)21(25-16)19-5-2-3-13-27(19)20(28)8-14-26-12-4-9-24-26/h4,6-7,9-12,15,19H,2-3,5,8,13-14H2,1H3/t19-/m0/s1. The van der Waals surface area contributed by atoms with Gasteiger partial charge in [0.15, 0.2) is 0 Å². The van der Waals surface area contributed by atoms with Crippen molar-refractivity contribution in [2.24, 2.45) is 0 Å². The number of nitrogens with zero attached hydrogens (tertiary/aromatic N) is 6. The molecular formula is C21H24N6O. The molecule has 0 bridgehead atoms. The molecule has 0 spiro atoms. The van der Waals surface area contributed by atoms with Crippen molar-refractivity contribution < 1.29 is 4.79 Å². The van der Waals surface area contributed by atoms with Crippen LogP contribution in [0.15, 0.2) is 49.2 Å². The molecule has 1 amide bonds. The molecule has 4 heterocycles. The summed E-state index contributed by atoms with van der Waals surface area (Å²) < 4.78 is 1.80. The maximum atomic E-state index is 13.0. The zero-order chi connectivity index (χ0) is 19.3. The number of likely N-dealkylation sites (tertiary alicyclic amines) is 1. The number of rotatable bonds is 5. The molecule has 1 saturated heterocycles. The van der Waals surface area contributed by atoms with Gasteiger partial charge in [-0.25, -0.2) is 9.97 Å². The molecule has 1 fully saturated rings. The average Bonchev–Trinajstić information content (AvgIpc) is 3.26. The molecule has 1 aliphatic rings. The first-order valence-electron chi connectivity index (χ1n) is 9.73. The van der Waals surface area contributed by atoms with Crippen LogP contribution in [0.1, 0.15) is 43.2 Å². The lowest BCUT2D eigenvalue weighted by Gasteiger charge is -2.36. The van der Waals surface area contributed by atoms with Crippen LogP contribution in [-0.2, 0) is 11.3 Å². The van der Waals surface area contributed by atoms with E-state index in [2.05, 4.69) is 15.1 Å². The minimum Gasteiger partial charge on any atom is -0.334 e. The third kappa shape index (κ3) is 3.93. The Balaban J connectivity index is 1.62. The molecular weight excluding hydrogens is 352 g/mol. The van der Waals surface area contributed by atoms with E-state index in [4.69, 9.17) is 4.98 Å². The molecule has 0 radical (unpaired) electrons. The third-order valence-corrected chi connectivity index (χ3v) is 5.18. The number of carbonyl (C=O) groups is 1. The van der Waals surface area contributed by atoms with Crippen molar-refractivity contribution in [2.75, 3.05) is 6.54 Å². The highest BCUT2D eigenvalue weighted by molar-refractivity contribution is 5.77. The van der Waals surface area contributed by atoms with Crippen LogP contribution in [0.4, 0.5) is 0 Å². The van der Waals surface area contributed by atoms with Gasteiger partial charge in [-0.2, -0.15) is 5.10 Å². The number of piperidine rings is 1. The summed E-state index contributed by atoms with van der Waals surface area (Å²) in [7, 11) is 0. The zero-order valence-electron chi connectivity index (χ0n) is 16.0. The van der Waals surface area contributed by atoms with Crippen LogP contribution >= 0.6 is 0 Å². The Hall–Kier alpha value is -3.09. The molecule has 3 aromatic rings. The van der Waals surface area contributed by atoms with Gasteiger partial charge in [0, 0.05) is 56.1 Å². The lowest BCUT2D eigenvalue weighted by atomic mass is 9.93. The summed E-state index contributed by atoms with van der Waals surface area (Å²) >= 11 is 0. The predicted molar refractivity (Wildman–Crippen MR) is 105 cm³/mol. The predicted octanol–water partition coefficient (Wildman–Crippen LogP) is 3.19. The summed E-state index contributed by atoms with van der Waals surface area (Å²) in [4.78, 5) is 28.3. The van der Waals surface area contributed by atoms with E-state index in [1.54, 1.807) is 23.3 Å². The highest BCUT2D eigenvalue weighted by Crippen LogP contribution is 2.35. The Morgan fingerprint density at radius 3 is 2.86 bits per heavy atom. The van der Waals surface area contributed by atoms with Crippen LogP contribution in [0.3, 0.4) is 0 Å². The van der Waals surface area contributed by atoms with Crippen LogP contribution in [0, 0.1) is 6.92 Å². The van der Waals surface area contributed by atoms with Crippen molar-refractivity contribution in [1.82, 2.24) is 29.6 Å². The van der Waals surface area contributed by atoms with Gasteiger partial charge in [-0.3, -0.25) is 14.5 Å². The fraction of sp³-hybridized carbons (Fsp3) is 0.381. The number of carbonyl (C=O) groups excluding carboxylic acids is 1. The van der Waals surface area contributed by atoms with Crippen molar-refractivity contribution in [2.45, 2.75) is 45.2 Å². The smallest absolute Gasteiger partial charge is 0.225 e. The number of hydrogen-bond donors (Lipinski definition) is 0. The van der Waals surface area contributed by atoms with E-state index in [-0.39, 0.29) is 11.9 Å². The van der Waals surface area contributed by atoms with Crippen LogP contribution in [0.25, 0.3) is 11.1 Å². The van der Waals surface area contributed by atoms with Crippen molar-refractivity contribution in [3.8, 4) is 11.1 Å². The normalized spacial score (nSPS) is 16.9. The van der Waals surface area contributed by atoms with Gasteiger partial charge in [-0.15, -0.1) is 0 Å². The van der Waals surface area contributed by atoms with E-state index in [9.17, 15) is 4.79 Å². The Morgan fingerprint density at radius 1 is 1.21 bits per heavy atom. The first-order valence-corrected chi connectivity index (χ1v) is 9.73. The average molecular weight is 376 g/mol. The van der Waals surface area contributed by atoms with E-state index in [1.165, 1.54) is 0 Å². The third-order valence-electron chi connectivity index (χ3n) is 5.18. The van der Waals surface area contributed by atoms with Gasteiger partial charge in [-0.1, -0.05) is 0 Å². The number of hydrogen-bond acceptors (Lipinski definition) is 5. The second-order valence-electron chi connectivity index (χ2n) is 7.07. The molecule has 0 saturated carbocycles. The molecule has 4 rings (SSSR count). The summed E-state index contributed by atoms with van der Waals surface area (Å²) in [6.45, 7) is 3.25. The van der Waals surface area contributed by atoms with Crippen LogP contribution in [-0.4, -0.2) is 42.1 Å². The quantitative estimate of drug-likeness (QED) is 0.683. The molecule has 7 nitrogen and oxygen atoms in total. The van der Waals surface area contributed by atoms with E-state index < -0.39 is 0 Å². The molecule has 144 valence electrons. The fourth-order valence-corrected chi connectivity index (χ4v) is 3.80. The summed E-state index contributed by atoms with van der Waals surface area (Å²) in [6, 6.07) is 5.77. The number of aromatic nitrogens is 5. The first kappa shape index (κ1) is 18.3. The molecule has 7 heteroatoms. The second kappa shape index (κ2) is 8.29. The highest BCUT2D eigenvalue weighted by atomic mass is 16.2. The fourth-order valence-electron chi connectivity index (χ4n) is 3.80. The Labute approximate surface area is 164 Å². The molecule has 0 unspecified atom stereocenters. The Morgan fingerprint density at radius 2 is 2.07 bits per heavy atom. The van der Waals surface area contributed by atoms with Crippen LogP contribution < -0.4 is 0 Å². The molecule has 1 aliphatic heterocycles. The Bertz CT molecular complexity index is 925. The van der Waals surface area contributed by atoms with Gasteiger partial charge in [0.2, 0.25) is 5.91 Å². The van der Waals surface area contributed by atoms with Crippen molar-refractivity contribution in [3.63, 3.8) is 0 Å². The molecule has 0 aliphatic carbocycles. The van der Waals surface area contributed by atoms with Crippen molar-refractivity contribution >= 4 is 5.91 Å². The van der Waals surface area contributed by atoms with E-state index >= 15 is 0 Å². The zero-order valence-corrected chi connectivity index (χ0v) is 16.0. The maximum Gasteiger partial charge on any atom is 0.225 e. The summed E-state index contributed by atoms with van der Waals surface area (Å²) in [5.74, 6) is 0.875. The van der Waals surface area contributed by atoms with E-state index in [0.717, 1.165) is 48.5 Å². The lowest BCUT2D eigenvalue weighted by Crippen LogP contribution is -2.39. The van der Waals surface area contributed by atoms with Gasteiger partial charge < -0.3 is 4.90 Å². The van der Waals surface area contributed by atoms with E-state index in [0.29, 0.717) is 13.0 Å². The monoisotopic (exact) mass is 376 g/mol. The SMILES string of the molecule is Cc1ncc(-c2ccncc2)c([C@@H]2CCCCN2C(=O)CCn2cccn2)n1. The van der Waals surface area contributed by atoms with Crippen molar-refractivity contribution in [3.05, 3.63) is 60.7 Å². The molecule has 1 atom stereocenters. The van der Waals surface area contributed by atoms with Gasteiger partial charge >= 0.3 is 0 Å². The highest BCUT2D eigenvalue weighted by Gasteiger charge is 2.31. The summed E-state index contributed by atoms with van der Waals surface area (Å²) in [5.41, 5.74) is 2.94. The van der Waals surface area contributed by atoms with Gasteiger partial charge in [0.1, 0.15) is 5.82 Å². The largest absolute Gasteiger partial charge is 0.334 e. The van der Waals surface area contributed by atoms with Crippen LogP contribution in [0.2, 0.25) is 0 Å².